The molecule has 0 atom stereocenters. The van der Waals surface area contributed by atoms with Crippen LogP contribution in [0.3, 0.4) is 0 Å². The van der Waals surface area contributed by atoms with E-state index in [2.05, 4.69) is 9.88 Å². The molecule has 7 heteroatoms. The number of anilines is 1. The number of halogens is 1. The molecule has 0 saturated carbocycles. The highest BCUT2D eigenvalue weighted by molar-refractivity contribution is 6.30. The van der Waals surface area contributed by atoms with Gasteiger partial charge < -0.3 is 9.47 Å². The number of fused-ring (bicyclic) bond motifs is 1. The molecule has 0 amide bonds. The summed E-state index contributed by atoms with van der Waals surface area (Å²) < 4.78 is 3.00. The van der Waals surface area contributed by atoms with E-state index in [1.807, 2.05) is 37.3 Å². The number of pyridine rings is 1. The number of aromatic nitrogens is 3. The smallest absolute Gasteiger partial charge is 0.318 e. The Bertz CT molecular complexity index is 1130. The zero-order chi connectivity index (χ0) is 19.1. The average molecular weight is 385 g/mol. The van der Waals surface area contributed by atoms with Gasteiger partial charge in [-0.25, -0.2) is 4.98 Å². The van der Waals surface area contributed by atoms with Crippen LogP contribution < -0.4 is 16.0 Å². The normalized spacial score (nSPS) is 15.4. The third kappa shape index (κ3) is 3.14. The SMILES string of the molecule is Cc1cnc2c(c1)n(C)c(=O)c(=O)n2C1CCN(c2cccc(Cl)c2)CC1. The molecule has 3 heterocycles. The summed E-state index contributed by atoms with van der Waals surface area (Å²) in [6, 6.07) is 9.65. The fourth-order valence-corrected chi connectivity index (χ4v) is 4.01. The lowest BCUT2D eigenvalue weighted by Crippen LogP contribution is -2.45. The summed E-state index contributed by atoms with van der Waals surface area (Å²) in [5.41, 5.74) is 2.30. The predicted octanol–water partition coefficient (Wildman–Crippen LogP) is 2.90. The van der Waals surface area contributed by atoms with Crippen LogP contribution in [0.5, 0.6) is 0 Å². The van der Waals surface area contributed by atoms with Crippen LogP contribution in [0.25, 0.3) is 11.2 Å². The summed E-state index contributed by atoms with van der Waals surface area (Å²) in [5.74, 6) is 0. The molecule has 4 rings (SSSR count). The number of hydrogen-bond donors (Lipinski definition) is 0. The van der Waals surface area contributed by atoms with Gasteiger partial charge >= 0.3 is 11.1 Å². The van der Waals surface area contributed by atoms with Crippen LogP contribution in [0.1, 0.15) is 24.4 Å². The van der Waals surface area contributed by atoms with Gasteiger partial charge in [0.2, 0.25) is 0 Å². The summed E-state index contributed by atoms with van der Waals surface area (Å²) >= 11 is 6.10. The maximum atomic E-state index is 12.7. The van der Waals surface area contributed by atoms with Crippen LogP contribution in [-0.2, 0) is 7.05 Å². The topological polar surface area (TPSA) is 60.1 Å². The van der Waals surface area contributed by atoms with Gasteiger partial charge in [-0.3, -0.25) is 14.2 Å². The molecule has 0 radical (unpaired) electrons. The number of rotatable bonds is 2. The molecule has 3 aromatic rings. The first kappa shape index (κ1) is 17.8. The minimum atomic E-state index is -0.507. The molecule has 1 aromatic carbocycles. The van der Waals surface area contributed by atoms with Crippen LogP contribution in [0.4, 0.5) is 5.69 Å². The quantitative estimate of drug-likeness (QED) is 0.637. The number of nitrogens with zero attached hydrogens (tertiary/aromatic N) is 4. The van der Waals surface area contributed by atoms with Gasteiger partial charge in [0.05, 0.1) is 5.52 Å². The van der Waals surface area contributed by atoms with Crippen LogP contribution in [0.15, 0.2) is 46.1 Å². The number of hydrogen-bond acceptors (Lipinski definition) is 4. The van der Waals surface area contributed by atoms with Crippen molar-refractivity contribution in [3.63, 3.8) is 0 Å². The van der Waals surface area contributed by atoms with E-state index in [9.17, 15) is 9.59 Å². The highest BCUT2D eigenvalue weighted by atomic mass is 35.5. The van der Waals surface area contributed by atoms with E-state index >= 15 is 0 Å². The summed E-state index contributed by atoms with van der Waals surface area (Å²) in [6.45, 7) is 3.51. The molecular formula is C20H21ClN4O2. The van der Waals surface area contributed by atoms with Gasteiger partial charge in [0.25, 0.3) is 0 Å². The van der Waals surface area contributed by atoms with Gasteiger partial charge in [-0.05, 0) is 49.6 Å². The second-order valence-electron chi connectivity index (χ2n) is 7.09. The van der Waals surface area contributed by atoms with Crippen molar-refractivity contribution in [3.05, 3.63) is 67.8 Å². The van der Waals surface area contributed by atoms with Crippen molar-refractivity contribution in [1.29, 1.82) is 0 Å². The summed E-state index contributed by atoms with van der Waals surface area (Å²) in [4.78, 5) is 31.9. The van der Waals surface area contributed by atoms with Crippen LogP contribution >= 0.6 is 11.6 Å². The summed E-state index contributed by atoms with van der Waals surface area (Å²) in [5, 5.41) is 0.711. The Balaban J connectivity index is 1.70. The van der Waals surface area contributed by atoms with Crippen LogP contribution in [-0.4, -0.2) is 27.2 Å². The standard InChI is InChI=1S/C20H21ClN4O2/c1-13-10-17-18(22-12-13)25(20(27)19(26)23(17)2)15-6-8-24(9-7-15)16-5-3-4-14(21)11-16/h3-5,10-12,15H,6-9H2,1-2H3. The van der Waals surface area contributed by atoms with Crippen LogP contribution in [0, 0.1) is 6.92 Å². The van der Waals surface area contributed by atoms with E-state index < -0.39 is 11.1 Å². The minimum Gasteiger partial charge on any atom is -0.371 e. The molecule has 6 nitrogen and oxygen atoms in total. The molecule has 1 fully saturated rings. The molecule has 0 bridgehead atoms. The molecule has 0 spiro atoms. The van der Waals surface area contributed by atoms with E-state index in [4.69, 9.17) is 11.6 Å². The maximum Gasteiger partial charge on any atom is 0.318 e. The largest absolute Gasteiger partial charge is 0.371 e. The molecule has 140 valence electrons. The second-order valence-corrected chi connectivity index (χ2v) is 7.53. The lowest BCUT2D eigenvalue weighted by Gasteiger charge is -2.34. The van der Waals surface area contributed by atoms with Gasteiger partial charge in [-0.1, -0.05) is 17.7 Å². The Labute approximate surface area is 161 Å². The van der Waals surface area contributed by atoms with Crippen molar-refractivity contribution in [3.8, 4) is 0 Å². The van der Waals surface area contributed by atoms with E-state index in [0.29, 0.717) is 16.2 Å². The zero-order valence-electron chi connectivity index (χ0n) is 15.4. The van der Waals surface area contributed by atoms with E-state index in [-0.39, 0.29) is 6.04 Å². The predicted molar refractivity (Wildman–Crippen MR) is 108 cm³/mol. The molecule has 1 aliphatic rings. The van der Waals surface area contributed by atoms with Gasteiger partial charge in [0.15, 0.2) is 5.65 Å². The highest BCUT2D eigenvalue weighted by Crippen LogP contribution is 2.28. The van der Waals surface area contributed by atoms with Crippen molar-refractivity contribution in [1.82, 2.24) is 14.1 Å². The average Bonchev–Trinajstić information content (AvgIpc) is 2.67. The molecule has 0 aliphatic carbocycles. The Morgan fingerprint density at radius 2 is 1.85 bits per heavy atom. The first-order valence-electron chi connectivity index (χ1n) is 9.04. The van der Waals surface area contributed by atoms with Crippen molar-refractivity contribution >= 4 is 28.5 Å². The summed E-state index contributed by atoms with van der Waals surface area (Å²) in [6.07, 6.45) is 3.28. The number of piperidine rings is 1. The fraction of sp³-hybridized carbons (Fsp3) is 0.350. The van der Waals surface area contributed by atoms with Gasteiger partial charge in [-0.2, -0.15) is 0 Å². The molecule has 27 heavy (non-hydrogen) atoms. The first-order chi connectivity index (χ1) is 13.0. The lowest BCUT2D eigenvalue weighted by atomic mass is 10.0. The molecule has 0 N–H and O–H groups in total. The maximum absolute atomic E-state index is 12.7. The monoisotopic (exact) mass is 384 g/mol. The summed E-state index contributed by atoms with van der Waals surface area (Å²) in [7, 11) is 1.62. The zero-order valence-corrected chi connectivity index (χ0v) is 16.1. The lowest BCUT2D eigenvalue weighted by molar-refractivity contribution is 0.392. The Morgan fingerprint density at radius 1 is 1.11 bits per heavy atom. The third-order valence-electron chi connectivity index (χ3n) is 5.28. The molecular weight excluding hydrogens is 364 g/mol. The Hall–Kier alpha value is -2.60. The second kappa shape index (κ2) is 6.85. The number of aryl methyl sites for hydroxylation is 2. The fourth-order valence-electron chi connectivity index (χ4n) is 3.82. The van der Waals surface area contributed by atoms with E-state index in [0.717, 1.165) is 37.2 Å². The van der Waals surface area contributed by atoms with E-state index in [1.165, 1.54) is 4.57 Å². The van der Waals surface area contributed by atoms with Gasteiger partial charge in [0.1, 0.15) is 0 Å². The Morgan fingerprint density at radius 3 is 2.56 bits per heavy atom. The molecule has 1 aliphatic heterocycles. The number of benzene rings is 1. The minimum absolute atomic E-state index is 0.0421. The van der Waals surface area contributed by atoms with Gasteiger partial charge in [0, 0.05) is 43.1 Å². The highest BCUT2D eigenvalue weighted by Gasteiger charge is 2.25. The molecule has 0 unspecified atom stereocenters. The van der Waals surface area contributed by atoms with Crippen molar-refractivity contribution in [2.24, 2.45) is 7.05 Å². The van der Waals surface area contributed by atoms with Crippen LogP contribution in [0.2, 0.25) is 5.02 Å². The van der Waals surface area contributed by atoms with Crippen molar-refractivity contribution in [2.45, 2.75) is 25.8 Å². The van der Waals surface area contributed by atoms with Crippen molar-refractivity contribution in [2.75, 3.05) is 18.0 Å². The third-order valence-corrected chi connectivity index (χ3v) is 5.52. The van der Waals surface area contributed by atoms with E-state index in [1.54, 1.807) is 17.8 Å². The van der Waals surface area contributed by atoms with Gasteiger partial charge in [-0.15, -0.1) is 0 Å². The molecule has 1 saturated heterocycles. The van der Waals surface area contributed by atoms with Crippen molar-refractivity contribution < 1.29 is 0 Å². The first-order valence-corrected chi connectivity index (χ1v) is 9.42. The molecule has 2 aromatic heterocycles. The Kier molecular flexibility index (Phi) is 4.52.